The first kappa shape index (κ1) is 17.7. The van der Waals surface area contributed by atoms with E-state index < -0.39 is 0 Å². The SMILES string of the molecule is CC(C)CC(=O)N1CC(N(CC(C)C)C2CCN(C)CC2)C1. The van der Waals surface area contributed by atoms with Crippen LogP contribution in [0.3, 0.4) is 0 Å². The number of hydrogen-bond acceptors (Lipinski definition) is 3. The lowest BCUT2D eigenvalue weighted by Crippen LogP contribution is -2.64. The average molecular weight is 309 g/mol. The van der Waals surface area contributed by atoms with Gasteiger partial charge < -0.3 is 9.80 Å². The molecule has 22 heavy (non-hydrogen) atoms. The molecule has 0 unspecified atom stereocenters. The van der Waals surface area contributed by atoms with Crippen LogP contribution in [0, 0.1) is 11.8 Å². The van der Waals surface area contributed by atoms with Crippen molar-refractivity contribution in [1.82, 2.24) is 14.7 Å². The van der Waals surface area contributed by atoms with Gasteiger partial charge >= 0.3 is 0 Å². The van der Waals surface area contributed by atoms with Crippen LogP contribution in [-0.2, 0) is 4.79 Å². The van der Waals surface area contributed by atoms with E-state index in [4.69, 9.17) is 0 Å². The van der Waals surface area contributed by atoms with Crippen LogP contribution in [0.5, 0.6) is 0 Å². The van der Waals surface area contributed by atoms with E-state index in [0.717, 1.165) is 13.1 Å². The van der Waals surface area contributed by atoms with Crippen molar-refractivity contribution in [2.75, 3.05) is 39.8 Å². The van der Waals surface area contributed by atoms with Gasteiger partial charge in [-0.1, -0.05) is 27.7 Å². The van der Waals surface area contributed by atoms with Gasteiger partial charge in [0.25, 0.3) is 0 Å². The van der Waals surface area contributed by atoms with Gasteiger partial charge in [0.15, 0.2) is 0 Å². The molecule has 2 fully saturated rings. The predicted molar refractivity (Wildman–Crippen MR) is 91.9 cm³/mol. The summed E-state index contributed by atoms with van der Waals surface area (Å²) in [6.45, 7) is 14.4. The monoisotopic (exact) mass is 309 g/mol. The molecule has 0 atom stereocenters. The second kappa shape index (κ2) is 7.78. The van der Waals surface area contributed by atoms with Gasteiger partial charge in [0.1, 0.15) is 0 Å². The number of piperidine rings is 1. The normalized spacial score (nSPS) is 21.9. The topological polar surface area (TPSA) is 26.8 Å². The van der Waals surface area contributed by atoms with E-state index in [1.807, 2.05) is 0 Å². The summed E-state index contributed by atoms with van der Waals surface area (Å²) in [5, 5.41) is 0. The largest absolute Gasteiger partial charge is 0.339 e. The van der Waals surface area contributed by atoms with Crippen molar-refractivity contribution in [3.8, 4) is 0 Å². The van der Waals surface area contributed by atoms with E-state index in [2.05, 4.69) is 49.4 Å². The zero-order valence-corrected chi connectivity index (χ0v) is 15.2. The Morgan fingerprint density at radius 1 is 1.05 bits per heavy atom. The number of likely N-dealkylation sites (tertiary alicyclic amines) is 2. The average Bonchev–Trinajstić information content (AvgIpc) is 2.35. The van der Waals surface area contributed by atoms with E-state index in [9.17, 15) is 4.79 Å². The zero-order chi connectivity index (χ0) is 16.3. The van der Waals surface area contributed by atoms with Gasteiger partial charge in [0.2, 0.25) is 5.91 Å². The van der Waals surface area contributed by atoms with Crippen LogP contribution in [0.4, 0.5) is 0 Å². The molecule has 2 aliphatic rings. The number of carbonyl (C=O) groups excluding carboxylic acids is 1. The smallest absolute Gasteiger partial charge is 0.222 e. The lowest BCUT2D eigenvalue weighted by atomic mass is 9.96. The molecular weight excluding hydrogens is 274 g/mol. The molecule has 0 aromatic rings. The minimum atomic E-state index is 0.346. The molecule has 2 aliphatic heterocycles. The van der Waals surface area contributed by atoms with Crippen molar-refractivity contribution >= 4 is 5.91 Å². The zero-order valence-electron chi connectivity index (χ0n) is 15.2. The molecule has 0 spiro atoms. The lowest BCUT2D eigenvalue weighted by Gasteiger charge is -2.50. The third kappa shape index (κ3) is 4.69. The minimum Gasteiger partial charge on any atom is -0.339 e. The molecule has 1 amide bonds. The molecule has 0 radical (unpaired) electrons. The first-order valence-electron chi connectivity index (χ1n) is 9.08. The maximum absolute atomic E-state index is 12.1. The maximum Gasteiger partial charge on any atom is 0.222 e. The lowest BCUT2D eigenvalue weighted by molar-refractivity contribution is -0.140. The second-order valence-electron chi connectivity index (χ2n) is 8.18. The quantitative estimate of drug-likeness (QED) is 0.753. The van der Waals surface area contributed by atoms with Crippen LogP contribution >= 0.6 is 0 Å². The summed E-state index contributed by atoms with van der Waals surface area (Å²) in [4.78, 5) is 19.4. The summed E-state index contributed by atoms with van der Waals surface area (Å²) in [6, 6.07) is 1.30. The van der Waals surface area contributed by atoms with Crippen LogP contribution in [0.2, 0.25) is 0 Å². The van der Waals surface area contributed by atoms with Gasteiger partial charge in [0, 0.05) is 38.1 Å². The standard InChI is InChI=1S/C18H35N3O/c1-14(2)10-18(22)20-12-17(13-20)21(11-15(3)4)16-6-8-19(5)9-7-16/h14-17H,6-13H2,1-5H3. The van der Waals surface area contributed by atoms with Crippen LogP contribution in [0.1, 0.15) is 47.0 Å². The predicted octanol–water partition coefficient (Wildman–Crippen LogP) is 2.30. The Hall–Kier alpha value is -0.610. The third-order valence-corrected chi connectivity index (χ3v) is 5.00. The third-order valence-electron chi connectivity index (χ3n) is 5.00. The van der Waals surface area contributed by atoms with Gasteiger partial charge in [0.05, 0.1) is 0 Å². The Labute approximate surface area is 136 Å². The first-order chi connectivity index (χ1) is 10.4. The molecule has 0 N–H and O–H groups in total. The van der Waals surface area contributed by atoms with Crippen molar-refractivity contribution in [3.63, 3.8) is 0 Å². The number of carbonyl (C=O) groups is 1. The highest BCUT2D eigenvalue weighted by Gasteiger charge is 2.38. The van der Waals surface area contributed by atoms with Crippen molar-refractivity contribution < 1.29 is 4.79 Å². The summed E-state index contributed by atoms with van der Waals surface area (Å²) >= 11 is 0. The van der Waals surface area contributed by atoms with Gasteiger partial charge in [-0.3, -0.25) is 9.69 Å². The maximum atomic E-state index is 12.1. The molecule has 2 saturated heterocycles. The van der Waals surface area contributed by atoms with Crippen molar-refractivity contribution in [3.05, 3.63) is 0 Å². The van der Waals surface area contributed by atoms with Crippen molar-refractivity contribution in [1.29, 1.82) is 0 Å². The fourth-order valence-electron chi connectivity index (χ4n) is 3.69. The summed E-state index contributed by atoms with van der Waals surface area (Å²) < 4.78 is 0. The van der Waals surface area contributed by atoms with Crippen molar-refractivity contribution in [2.45, 2.75) is 59.0 Å². The van der Waals surface area contributed by atoms with Crippen LogP contribution in [0.15, 0.2) is 0 Å². The Kier molecular flexibility index (Phi) is 6.27. The Morgan fingerprint density at radius 3 is 2.14 bits per heavy atom. The molecule has 4 nitrogen and oxygen atoms in total. The fourth-order valence-corrected chi connectivity index (χ4v) is 3.69. The molecular formula is C18H35N3O. The molecule has 2 heterocycles. The fraction of sp³-hybridized carbons (Fsp3) is 0.944. The molecule has 0 bridgehead atoms. The number of rotatable bonds is 6. The van der Waals surface area contributed by atoms with Gasteiger partial charge in [-0.05, 0) is 44.8 Å². The van der Waals surface area contributed by atoms with E-state index >= 15 is 0 Å². The highest BCUT2D eigenvalue weighted by atomic mass is 16.2. The first-order valence-corrected chi connectivity index (χ1v) is 9.08. The van der Waals surface area contributed by atoms with Crippen LogP contribution in [-0.4, -0.2) is 72.5 Å². The highest BCUT2D eigenvalue weighted by molar-refractivity contribution is 5.77. The van der Waals surface area contributed by atoms with E-state index in [0.29, 0.717) is 36.2 Å². The summed E-state index contributed by atoms with van der Waals surface area (Å²) in [7, 11) is 2.22. The van der Waals surface area contributed by atoms with Gasteiger partial charge in [-0.15, -0.1) is 0 Å². The van der Waals surface area contributed by atoms with Crippen molar-refractivity contribution in [2.24, 2.45) is 11.8 Å². The van der Waals surface area contributed by atoms with Gasteiger partial charge in [-0.2, -0.15) is 0 Å². The van der Waals surface area contributed by atoms with Gasteiger partial charge in [-0.25, -0.2) is 0 Å². The van der Waals surface area contributed by atoms with E-state index in [1.54, 1.807) is 0 Å². The number of hydrogen-bond donors (Lipinski definition) is 0. The van der Waals surface area contributed by atoms with E-state index in [1.165, 1.54) is 32.5 Å². The summed E-state index contributed by atoms with van der Waals surface area (Å²) in [5.41, 5.74) is 0. The Morgan fingerprint density at radius 2 is 1.64 bits per heavy atom. The van der Waals surface area contributed by atoms with Crippen LogP contribution < -0.4 is 0 Å². The molecule has 128 valence electrons. The minimum absolute atomic E-state index is 0.346. The Balaban J connectivity index is 1.87. The molecule has 0 aliphatic carbocycles. The number of nitrogens with zero attached hydrogens (tertiary/aromatic N) is 3. The number of amides is 1. The molecule has 0 aromatic heterocycles. The molecule has 4 heteroatoms. The molecule has 0 saturated carbocycles. The van der Waals surface area contributed by atoms with E-state index in [-0.39, 0.29) is 0 Å². The summed E-state index contributed by atoms with van der Waals surface area (Å²) in [6.07, 6.45) is 3.25. The molecule has 2 rings (SSSR count). The highest BCUT2D eigenvalue weighted by Crippen LogP contribution is 2.25. The van der Waals surface area contributed by atoms with Crippen LogP contribution in [0.25, 0.3) is 0 Å². The Bertz CT molecular complexity index is 355. The second-order valence-corrected chi connectivity index (χ2v) is 8.18. The molecule has 0 aromatic carbocycles. The summed E-state index contributed by atoms with van der Waals surface area (Å²) in [5.74, 6) is 1.51.